The SMILES string of the molecule is CC(C)(O)C1CCC(C)(O)C(O)C1. The lowest BCUT2D eigenvalue weighted by molar-refractivity contribution is -0.126. The molecule has 1 aliphatic carbocycles. The van der Waals surface area contributed by atoms with Crippen LogP contribution in [0.25, 0.3) is 0 Å². The smallest absolute Gasteiger partial charge is 0.0877 e. The van der Waals surface area contributed by atoms with Gasteiger partial charge in [0.15, 0.2) is 0 Å². The van der Waals surface area contributed by atoms with Crippen LogP contribution in [0, 0.1) is 5.92 Å². The molecule has 13 heavy (non-hydrogen) atoms. The van der Waals surface area contributed by atoms with Gasteiger partial charge in [-0.1, -0.05) is 0 Å². The molecule has 3 heteroatoms. The zero-order valence-electron chi connectivity index (χ0n) is 8.62. The molecule has 3 atom stereocenters. The summed E-state index contributed by atoms with van der Waals surface area (Å²) in [4.78, 5) is 0. The summed E-state index contributed by atoms with van der Waals surface area (Å²) in [6.07, 6.45) is 1.10. The molecule has 0 saturated heterocycles. The van der Waals surface area contributed by atoms with Crippen LogP contribution in [0.1, 0.15) is 40.0 Å². The molecule has 3 nitrogen and oxygen atoms in total. The summed E-state index contributed by atoms with van der Waals surface area (Å²) in [5.74, 6) is 0.0859. The van der Waals surface area contributed by atoms with Gasteiger partial charge in [-0.15, -0.1) is 0 Å². The van der Waals surface area contributed by atoms with E-state index in [0.717, 1.165) is 6.42 Å². The van der Waals surface area contributed by atoms with E-state index >= 15 is 0 Å². The summed E-state index contributed by atoms with van der Waals surface area (Å²) in [5, 5.41) is 29.0. The Labute approximate surface area is 79.4 Å². The molecular weight excluding hydrogens is 168 g/mol. The zero-order valence-corrected chi connectivity index (χ0v) is 8.62. The van der Waals surface area contributed by atoms with Crippen molar-refractivity contribution in [3.05, 3.63) is 0 Å². The van der Waals surface area contributed by atoms with Crippen molar-refractivity contribution in [2.75, 3.05) is 0 Å². The lowest BCUT2D eigenvalue weighted by Crippen LogP contribution is -2.48. The van der Waals surface area contributed by atoms with Crippen molar-refractivity contribution >= 4 is 0 Å². The van der Waals surface area contributed by atoms with Crippen LogP contribution in [0.3, 0.4) is 0 Å². The van der Waals surface area contributed by atoms with Gasteiger partial charge in [0.2, 0.25) is 0 Å². The van der Waals surface area contributed by atoms with E-state index in [0.29, 0.717) is 12.8 Å². The molecule has 0 amide bonds. The largest absolute Gasteiger partial charge is 0.390 e. The van der Waals surface area contributed by atoms with Gasteiger partial charge in [0.1, 0.15) is 0 Å². The number of hydrogen-bond donors (Lipinski definition) is 3. The van der Waals surface area contributed by atoms with Crippen molar-refractivity contribution in [3.63, 3.8) is 0 Å². The van der Waals surface area contributed by atoms with Crippen LogP contribution >= 0.6 is 0 Å². The highest BCUT2D eigenvalue weighted by Crippen LogP contribution is 2.37. The van der Waals surface area contributed by atoms with Gasteiger partial charge in [-0.05, 0) is 46.0 Å². The number of rotatable bonds is 1. The fraction of sp³-hybridized carbons (Fsp3) is 1.00. The third kappa shape index (κ3) is 2.42. The molecule has 0 aliphatic heterocycles. The maximum absolute atomic E-state index is 9.74. The van der Waals surface area contributed by atoms with E-state index in [1.165, 1.54) is 0 Å². The van der Waals surface area contributed by atoms with E-state index in [-0.39, 0.29) is 5.92 Å². The molecule has 1 aliphatic rings. The van der Waals surface area contributed by atoms with Gasteiger partial charge in [0, 0.05) is 0 Å². The minimum atomic E-state index is -0.970. The monoisotopic (exact) mass is 188 g/mol. The Balaban J connectivity index is 2.61. The maximum atomic E-state index is 9.74. The van der Waals surface area contributed by atoms with Crippen LogP contribution < -0.4 is 0 Å². The van der Waals surface area contributed by atoms with Crippen molar-refractivity contribution in [1.29, 1.82) is 0 Å². The molecule has 0 spiro atoms. The highest BCUT2D eigenvalue weighted by molar-refractivity contribution is 4.93. The first-order chi connectivity index (χ1) is 5.73. The zero-order chi connectivity index (χ0) is 10.3. The van der Waals surface area contributed by atoms with Crippen molar-refractivity contribution < 1.29 is 15.3 Å². The Morgan fingerprint density at radius 3 is 2.31 bits per heavy atom. The predicted molar refractivity (Wildman–Crippen MR) is 50.3 cm³/mol. The first-order valence-electron chi connectivity index (χ1n) is 4.86. The van der Waals surface area contributed by atoms with Gasteiger partial charge in [0.05, 0.1) is 17.3 Å². The van der Waals surface area contributed by atoms with Gasteiger partial charge >= 0.3 is 0 Å². The van der Waals surface area contributed by atoms with Gasteiger partial charge < -0.3 is 15.3 Å². The molecule has 1 saturated carbocycles. The summed E-state index contributed by atoms with van der Waals surface area (Å²) in [7, 11) is 0. The predicted octanol–water partition coefficient (Wildman–Crippen LogP) is 0.669. The van der Waals surface area contributed by atoms with Gasteiger partial charge in [-0.25, -0.2) is 0 Å². The Hall–Kier alpha value is -0.120. The molecule has 1 rings (SSSR count). The van der Waals surface area contributed by atoms with Crippen molar-refractivity contribution in [2.45, 2.75) is 57.3 Å². The number of aliphatic hydroxyl groups is 3. The highest BCUT2D eigenvalue weighted by Gasteiger charge is 2.41. The molecule has 78 valence electrons. The van der Waals surface area contributed by atoms with Crippen molar-refractivity contribution in [3.8, 4) is 0 Å². The number of hydrogen-bond acceptors (Lipinski definition) is 3. The summed E-state index contributed by atoms with van der Waals surface area (Å²) in [6, 6.07) is 0. The van der Waals surface area contributed by atoms with E-state index in [1.54, 1.807) is 20.8 Å². The molecule has 0 aromatic heterocycles. The third-order valence-electron chi connectivity index (χ3n) is 3.22. The first-order valence-corrected chi connectivity index (χ1v) is 4.86. The molecular formula is C10H20O3. The van der Waals surface area contributed by atoms with Crippen molar-refractivity contribution in [1.82, 2.24) is 0 Å². The van der Waals surface area contributed by atoms with E-state index in [2.05, 4.69) is 0 Å². The van der Waals surface area contributed by atoms with Crippen LogP contribution in [0.15, 0.2) is 0 Å². The molecule has 1 fully saturated rings. The van der Waals surface area contributed by atoms with Crippen LogP contribution in [-0.4, -0.2) is 32.6 Å². The minimum absolute atomic E-state index is 0.0859. The summed E-state index contributed by atoms with van der Waals surface area (Å²) in [6.45, 7) is 5.16. The Morgan fingerprint density at radius 1 is 1.38 bits per heavy atom. The van der Waals surface area contributed by atoms with Gasteiger partial charge in [-0.3, -0.25) is 0 Å². The molecule has 0 bridgehead atoms. The van der Waals surface area contributed by atoms with E-state index in [4.69, 9.17) is 0 Å². The standard InChI is InChI=1S/C10H20O3/c1-9(2,12)7-4-5-10(3,13)8(11)6-7/h7-8,11-13H,4-6H2,1-3H3. The lowest BCUT2D eigenvalue weighted by Gasteiger charge is -2.42. The van der Waals surface area contributed by atoms with Crippen LogP contribution in [0.5, 0.6) is 0 Å². The second kappa shape index (κ2) is 3.23. The second-order valence-electron chi connectivity index (χ2n) is 5.00. The molecule has 0 aromatic rings. The second-order valence-corrected chi connectivity index (χ2v) is 5.00. The van der Waals surface area contributed by atoms with Gasteiger partial charge in [-0.2, -0.15) is 0 Å². The summed E-state index contributed by atoms with van der Waals surface area (Å²) in [5.41, 5.74) is -1.72. The normalized spacial score (nSPS) is 42.0. The van der Waals surface area contributed by atoms with E-state index in [9.17, 15) is 15.3 Å². The first kappa shape index (κ1) is 11.0. The lowest BCUT2D eigenvalue weighted by atomic mass is 9.72. The average molecular weight is 188 g/mol. The Kier molecular flexibility index (Phi) is 2.72. The number of aliphatic hydroxyl groups excluding tert-OH is 1. The van der Waals surface area contributed by atoms with Gasteiger partial charge in [0.25, 0.3) is 0 Å². The van der Waals surface area contributed by atoms with Crippen LogP contribution in [0.2, 0.25) is 0 Å². The molecule has 0 aromatic carbocycles. The molecule has 0 heterocycles. The van der Waals surface area contributed by atoms with Crippen LogP contribution in [-0.2, 0) is 0 Å². The minimum Gasteiger partial charge on any atom is -0.390 e. The van der Waals surface area contributed by atoms with E-state index in [1.807, 2.05) is 0 Å². The fourth-order valence-corrected chi connectivity index (χ4v) is 1.92. The Morgan fingerprint density at radius 2 is 1.92 bits per heavy atom. The van der Waals surface area contributed by atoms with E-state index < -0.39 is 17.3 Å². The molecule has 0 radical (unpaired) electrons. The topological polar surface area (TPSA) is 60.7 Å². The van der Waals surface area contributed by atoms with Crippen LogP contribution in [0.4, 0.5) is 0 Å². The molecule has 3 N–H and O–H groups in total. The Bertz CT molecular complexity index is 181. The highest BCUT2D eigenvalue weighted by atomic mass is 16.3. The fourth-order valence-electron chi connectivity index (χ4n) is 1.92. The quantitative estimate of drug-likeness (QED) is 0.567. The third-order valence-corrected chi connectivity index (χ3v) is 3.22. The summed E-state index contributed by atoms with van der Waals surface area (Å²) < 4.78 is 0. The molecule has 3 unspecified atom stereocenters. The maximum Gasteiger partial charge on any atom is 0.0877 e. The van der Waals surface area contributed by atoms with Crippen molar-refractivity contribution in [2.24, 2.45) is 5.92 Å². The average Bonchev–Trinajstić information content (AvgIpc) is 1.92. The summed E-state index contributed by atoms with van der Waals surface area (Å²) >= 11 is 0.